The van der Waals surface area contributed by atoms with Gasteiger partial charge in [-0.05, 0) is 32.0 Å². The normalized spacial score (nSPS) is 13.8. The summed E-state index contributed by atoms with van der Waals surface area (Å²) in [6.07, 6.45) is -5.00. The van der Waals surface area contributed by atoms with Gasteiger partial charge in [-0.3, -0.25) is 0 Å². The van der Waals surface area contributed by atoms with Crippen molar-refractivity contribution in [2.45, 2.75) is 30.5 Å². The minimum absolute atomic E-state index is 0.242. The molecule has 0 fully saturated rings. The molecule has 4 nitrogen and oxygen atoms in total. The summed E-state index contributed by atoms with van der Waals surface area (Å²) < 4.78 is 75.9. The lowest BCUT2D eigenvalue weighted by Gasteiger charge is -2.25. The van der Waals surface area contributed by atoms with E-state index in [0.29, 0.717) is 10.4 Å². The van der Waals surface area contributed by atoms with Crippen LogP contribution in [0.3, 0.4) is 0 Å². The van der Waals surface area contributed by atoms with Gasteiger partial charge >= 0.3 is 6.18 Å². The first-order valence-corrected chi connectivity index (χ1v) is 7.24. The van der Waals surface area contributed by atoms with Gasteiger partial charge in [0.1, 0.15) is 5.82 Å². The van der Waals surface area contributed by atoms with Gasteiger partial charge in [0.05, 0.1) is 16.1 Å². The van der Waals surface area contributed by atoms with Gasteiger partial charge < -0.3 is 5.11 Å². The first kappa shape index (κ1) is 17.9. The molecular formula is C12H15F4NO3S. The van der Waals surface area contributed by atoms with Crippen LogP contribution in [0.15, 0.2) is 23.1 Å². The SMILES string of the molecule is CN(CC(C)(C)O)S(=O)(=O)c1ccc(F)c(C(F)(F)F)c1. The highest BCUT2D eigenvalue weighted by atomic mass is 32.2. The molecular weight excluding hydrogens is 314 g/mol. The fourth-order valence-corrected chi connectivity index (χ4v) is 3.04. The molecule has 0 radical (unpaired) electrons. The van der Waals surface area contributed by atoms with E-state index in [4.69, 9.17) is 0 Å². The summed E-state index contributed by atoms with van der Waals surface area (Å²) in [5, 5.41) is 9.58. The van der Waals surface area contributed by atoms with E-state index in [1.807, 2.05) is 0 Å². The Kier molecular flexibility index (Phi) is 4.71. The Morgan fingerprint density at radius 2 is 1.76 bits per heavy atom. The second-order valence-electron chi connectivity index (χ2n) is 5.21. The maximum Gasteiger partial charge on any atom is 0.419 e. The molecule has 0 aliphatic heterocycles. The van der Waals surface area contributed by atoms with E-state index < -0.39 is 38.1 Å². The molecule has 9 heteroatoms. The van der Waals surface area contributed by atoms with Gasteiger partial charge in [0.25, 0.3) is 0 Å². The third kappa shape index (κ3) is 4.39. The summed E-state index contributed by atoms with van der Waals surface area (Å²) in [6.45, 7) is 2.38. The number of likely N-dealkylation sites (N-methyl/N-ethyl adjacent to an activating group) is 1. The highest BCUT2D eigenvalue weighted by Crippen LogP contribution is 2.33. The molecule has 0 aliphatic rings. The van der Waals surface area contributed by atoms with Crippen LogP contribution in [0.25, 0.3) is 0 Å². The van der Waals surface area contributed by atoms with E-state index in [9.17, 15) is 31.1 Å². The maximum atomic E-state index is 13.2. The van der Waals surface area contributed by atoms with Gasteiger partial charge in [-0.1, -0.05) is 0 Å². The smallest absolute Gasteiger partial charge is 0.389 e. The monoisotopic (exact) mass is 329 g/mol. The molecule has 0 bridgehead atoms. The van der Waals surface area contributed by atoms with E-state index in [1.165, 1.54) is 13.8 Å². The fourth-order valence-electron chi connectivity index (χ4n) is 1.69. The van der Waals surface area contributed by atoms with Gasteiger partial charge in [0.15, 0.2) is 0 Å². The van der Waals surface area contributed by atoms with E-state index >= 15 is 0 Å². The Bertz CT molecular complexity index is 620. The number of nitrogens with zero attached hydrogens (tertiary/aromatic N) is 1. The van der Waals surface area contributed by atoms with E-state index in [-0.39, 0.29) is 12.6 Å². The minimum atomic E-state index is -5.00. The van der Waals surface area contributed by atoms with Crippen molar-refractivity contribution >= 4 is 10.0 Å². The van der Waals surface area contributed by atoms with Crippen LogP contribution in [0.1, 0.15) is 19.4 Å². The Hall–Kier alpha value is -1.19. The molecule has 120 valence electrons. The van der Waals surface area contributed by atoms with Crippen molar-refractivity contribution in [3.05, 3.63) is 29.6 Å². The number of hydrogen-bond acceptors (Lipinski definition) is 3. The molecule has 1 aromatic carbocycles. The van der Waals surface area contributed by atoms with Crippen molar-refractivity contribution in [2.24, 2.45) is 0 Å². The molecule has 21 heavy (non-hydrogen) atoms. The third-order valence-corrected chi connectivity index (χ3v) is 4.36. The summed E-state index contributed by atoms with van der Waals surface area (Å²) in [7, 11) is -3.15. The predicted molar refractivity (Wildman–Crippen MR) is 67.5 cm³/mol. The lowest BCUT2D eigenvalue weighted by Crippen LogP contribution is -2.39. The Morgan fingerprint density at radius 1 is 1.24 bits per heavy atom. The van der Waals surface area contributed by atoms with Crippen molar-refractivity contribution in [1.82, 2.24) is 4.31 Å². The van der Waals surface area contributed by atoms with Gasteiger partial charge in [-0.15, -0.1) is 0 Å². The quantitative estimate of drug-likeness (QED) is 0.862. The second-order valence-corrected chi connectivity index (χ2v) is 7.26. The fraction of sp³-hybridized carbons (Fsp3) is 0.500. The van der Waals surface area contributed by atoms with Crippen LogP contribution in [0.2, 0.25) is 0 Å². The standard InChI is InChI=1S/C12H15F4NO3S/c1-11(2,18)7-17(3)21(19,20)8-4-5-10(13)9(6-8)12(14,15)16/h4-6,18H,7H2,1-3H3. The molecule has 0 atom stereocenters. The maximum absolute atomic E-state index is 13.2. The summed E-state index contributed by atoms with van der Waals surface area (Å²) in [4.78, 5) is -0.692. The summed E-state index contributed by atoms with van der Waals surface area (Å²) in [5.74, 6) is -1.55. The Morgan fingerprint density at radius 3 is 2.19 bits per heavy atom. The number of benzene rings is 1. The number of aliphatic hydroxyl groups is 1. The number of alkyl halides is 3. The van der Waals surface area contributed by atoms with Crippen molar-refractivity contribution in [3.8, 4) is 0 Å². The molecule has 0 amide bonds. The topological polar surface area (TPSA) is 57.6 Å². The lowest BCUT2D eigenvalue weighted by atomic mass is 10.1. The highest BCUT2D eigenvalue weighted by Gasteiger charge is 2.36. The zero-order valence-electron chi connectivity index (χ0n) is 11.6. The zero-order valence-corrected chi connectivity index (χ0v) is 12.4. The van der Waals surface area contributed by atoms with Crippen molar-refractivity contribution in [2.75, 3.05) is 13.6 Å². The number of sulfonamides is 1. The van der Waals surface area contributed by atoms with Crippen LogP contribution < -0.4 is 0 Å². The molecule has 0 spiro atoms. The van der Waals surface area contributed by atoms with Crippen LogP contribution in [0.4, 0.5) is 17.6 Å². The average Bonchev–Trinajstić information content (AvgIpc) is 2.25. The van der Waals surface area contributed by atoms with Gasteiger partial charge in [-0.25, -0.2) is 12.8 Å². The van der Waals surface area contributed by atoms with Crippen molar-refractivity contribution < 1.29 is 31.1 Å². The van der Waals surface area contributed by atoms with E-state index in [0.717, 1.165) is 13.1 Å². The Balaban J connectivity index is 3.28. The zero-order chi connectivity index (χ0) is 16.6. The number of hydrogen-bond donors (Lipinski definition) is 1. The van der Waals surface area contributed by atoms with Crippen LogP contribution in [0.5, 0.6) is 0 Å². The summed E-state index contributed by atoms with van der Waals surface area (Å²) in [6, 6.07) is 1.44. The van der Waals surface area contributed by atoms with E-state index in [1.54, 1.807) is 0 Å². The molecule has 0 unspecified atom stereocenters. The van der Waals surface area contributed by atoms with E-state index in [2.05, 4.69) is 0 Å². The summed E-state index contributed by atoms with van der Waals surface area (Å²) in [5.41, 5.74) is -3.02. The van der Waals surface area contributed by atoms with Gasteiger partial charge in [-0.2, -0.15) is 17.5 Å². The molecule has 1 N–H and O–H groups in total. The van der Waals surface area contributed by atoms with Gasteiger partial charge in [0.2, 0.25) is 10.0 Å². The largest absolute Gasteiger partial charge is 0.419 e. The molecule has 1 rings (SSSR count). The number of halogens is 4. The Labute approximate surface area is 120 Å². The molecule has 1 aromatic rings. The number of rotatable bonds is 4. The summed E-state index contributed by atoms with van der Waals surface area (Å²) >= 11 is 0. The van der Waals surface area contributed by atoms with Crippen LogP contribution in [-0.4, -0.2) is 37.0 Å². The first-order chi connectivity index (χ1) is 9.25. The van der Waals surface area contributed by atoms with Crippen LogP contribution >= 0.6 is 0 Å². The molecule has 0 heterocycles. The average molecular weight is 329 g/mol. The highest BCUT2D eigenvalue weighted by molar-refractivity contribution is 7.89. The molecule has 0 aliphatic carbocycles. The van der Waals surface area contributed by atoms with Crippen LogP contribution in [0, 0.1) is 5.82 Å². The molecule has 0 saturated carbocycles. The van der Waals surface area contributed by atoms with Gasteiger partial charge in [0, 0.05) is 13.6 Å². The molecule has 0 saturated heterocycles. The van der Waals surface area contributed by atoms with Crippen molar-refractivity contribution in [3.63, 3.8) is 0 Å². The second kappa shape index (κ2) is 5.54. The predicted octanol–water partition coefficient (Wildman–Crippen LogP) is 2.24. The lowest BCUT2D eigenvalue weighted by molar-refractivity contribution is -0.140. The minimum Gasteiger partial charge on any atom is -0.389 e. The van der Waals surface area contributed by atoms with Crippen LogP contribution in [-0.2, 0) is 16.2 Å². The molecule has 0 aromatic heterocycles. The third-order valence-electron chi connectivity index (χ3n) is 2.56. The van der Waals surface area contributed by atoms with Crippen molar-refractivity contribution in [1.29, 1.82) is 0 Å². The first-order valence-electron chi connectivity index (χ1n) is 5.80.